The first-order chi connectivity index (χ1) is 8.82. The van der Waals surface area contributed by atoms with Crippen molar-refractivity contribution in [1.29, 1.82) is 0 Å². The molecule has 0 aromatic carbocycles. The van der Waals surface area contributed by atoms with Crippen LogP contribution >= 0.6 is 0 Å². The maximum Gasteiger partial charge on any atom is 0.112 e. The van der Waals surface area contributed by atoms with E-state index in [1.54, 1.807) is 0 Å². The van der Waals surface area contributed by atoms with Crippen LogP contribution in [0.4, 0.5) is 0 Å². The second-order valence-electron chi connectivity index (χ2n) is 4.84. The molecule has 0 radical (unpaired) electrons. The number of rotatable bonds is 6. The average molecular weight is 255 g/mol. The summed E-state index contributed by atoms with van der Waals surface area (Å²) in [6.45, 7) is 8.18. The third-order valence-corrected chi connectivity index (χ3v) is 3.72. The summed E-state index contributed by atoms with van der Waals surface area (Å²) in [5.74, 6) is 1.06. The minimum absolute atomic E-state index is 0.161. The van der Waals surface area contributed by atoms with Crippen molar-refractivity contribution < 1.29 is 14.2 Å². The van der Waals surface area contributed by atoms with Crippen molar-refractivity contribution in [3.05, 3.63) is 11.8 Å². The van der Waals surface area contributed by atoms with Crippen LogP contribution in [0.3, 0.4) is 0 Å². The van der Waals surface area contributed by atoms with E-state index in [9.17, 15) is 0 Å². The molecule has 1 saturated heterocycles. The maximum absolute atomic E-state index is 6.13. The van der Waals surface area contributed by atoms with Crippen molar-refractivity contribution in [3.63, 3.8) is 0 Å². The van der Waals surface area contributed by atoms with Gasteiger partial charge in [0.25, 0.3) is 0 Å². The minimum atomic E-state index is -0.167. The fourth-order valence-electron chi connectivity index (χ4n) is 2.91. The van der Waals surface area contributed by atoms with Gasteiger partial charge in [-0.15, -0.1) is 0 Å². The lowest BCUT2D eigenvalue weighted by Gasteiger charge is -2.43. The molecule has 0 spiro atoms. The van der Waals surface area contributed by atoms with Crippen molar-refractivity contribution in [1.82, 2.24) is 5.32 Å². The first kappa shape index (κ1) is 13.8. The molecular weight excluding hydrogens is 230 g/mol. The Kier molecular flexibility index (Phi) is 5.03. The third-order valence-electron chi connectivity index (χ3n) is 3.72. The van der Waals surface area contributed by atoms with E-state index in [1.807, 2.05) is 0 Å². The molecule has 18 heavy (non-hydrogen) atoms. The SMILES string of the molecule is CCNC(C1=CCCO1)C1(OCC)CCOCC1. The van der Waals surface area contributed by atoms with Gasteiger partial charge < -0.3 is 19.5 Å². The summed E-state index contributed by atoms with van der Waals surface area (Å²) in [6, 6.07) is 0.161. The summed E-state index contributed by atoms with van der Waals surface area (Å²) in [7, 11) is 0. The highest BCUT2D eigenvalue weighted by molar-refractivity contribution is 5.15. The van der Waals surface area contributed by atoms with Crippen LogP contribution in [0.2, 0.25) is 0 Å². The molecule has 2 rings (SSSR count). The predicted molar refractivity (Wildman–Crippen MR) is 70.5 cm³/mol. The van der Waals surface area contributed by atoms with Crippen molar-refractivity contribution in [3.8, 4) is 0 Å². The molecule has 104 valence electrons. The van der Waals surface area contributed by atoms with Crippen molar-refractivity contribution in [2.45, 2.75) is 44.8 Å². The van der Waals surface area contributed by atoms with Crippen LogP contribution in [-0.4, -0.2) is 44.6 Å². The van der Waals surface area contributed by atoms with E-state index in [2.05, 4.69) is 25.2 Å². The fraction of sp³-hybridized carbons (Fsp3) is 0.857. The summed E-state index contributed by atoms with van der Waals surface area (Å²) in [6.07, 6.45) is 5.07. The first-order valence-corrected chi connectivity index (χ1v) is 7.10. The van der Waals surface area contributed by atoms with Crippen molar-refractivity contribution in [2.75, 3.05) is 33.0 Å². The number of hydrogen-bond donors (Lipinski definition) is 1. The van der Waals surface area contributed by atoms with Crippen molar-refractivity contribution >= 4 is 0 Å². The molecule has 4 nitrogen and oxygen atoms in total. The molecule has 4 heteroatoms. The fourth-order valence-corrected chi connectivity index (χ4v) is 2.91. The van der Waals surface area contributed by atoms with Gasteiger partial charge in [0, 0.05) is 39.1 Å². The number of ether oxygens (including phenoxy) is 3. The van der Waals surface area contributed by atoms with Gasteiger partial charge in [-0.25, -0.2) is 0 Å². The lowest BCUT2D eigenvalue weighted by atomic mass is 9.84. The van der Waals surface area contributed by atoms with E-state index in [0.717, 1.165) is 58.0 Å². The molecule has 0 aromatic heterocycles. The van der Waals surface area contributed by atoms with E-state index < -0.39 is 0 Å². The Hall–Kier alpha value is -0.580. The first-order valence-electron chi connectivity index (χ1n) is 7.10. The molecule has 0 bridgehead atoms. The maximum atomic E-state index is 6.13. The van der Waals surface area contributed by atoms with Crippen LogP contribution in [0.5, 0.6) is 0 Å². The zero-order valence-corrected chi connectivity index (χ0v) is 11.5. The molecule has 1 N–H and O–H groups in total. The summed E-state index contributed by atoms with van der Waals surface area (Å²) in [5, 5.41) is 3.55. The topological polar surface area (TPSA) is 39.7 Å². The van der Waals surface area contributed by atoms with Gasteiger partial charge in [-0.2, -0.15) is 0 Å². The summed E-state index contributed by atoms with van der Waals surface area (Å²) >= 11 is 0. The molecule has 2 aliphatic rings. The molecule has 0 aliphatic carbocycles. The van der Waals surface area contributed by atoms with Gasteiger partial charge in [-0.05, 0) is 19.5 Å². The Morgan fingerprint density at radius 1 is 1.33 bits per heavy atom. The van der Waals surface area contributed by atoms with Crippen LogP contribution in [0, 0.1) is 0 Å². The molecule has 1 atom stereocenters. The molecule has 0 aromatic rings. The van der Waals surface area contributed by atoms with Gasteiger partial charge in [0.05, 0.1) is 18.2 Å². The lowest BCUT2D eigenvalue weighted by molar-refractivity contribution is -0.126. The Morgan fingerprint density at radius 2 is 2.11 bits per heavy atom. The normalized spacial score (nSPS) is 24.4. The molecule has 2 heterocycles. The molecule has 0 amide bonds. The largest absolute Gasteiger partial charge is 0.496 e. The average Bonchev–Trinajstić information content (AvgIpc) is 2.91. The third kappa shape index (κ3) is 2.87. The van der Waals surface area contributed by atoms with E-state index in [4.69, 9.17) is 14.2 Å². The highest BCUT2D eigenvalue weighted by Gasteiger charge is 2.44. The van der Waals surface area contributed by atoms with E-state index in [0.29, 0.717) is 0 Å². The van der Waals surface area contributed by atoms with Crippen LogP contribution < -0.4 is 5.32 Å². The molecule has 1 unspecified atom stereocenters. The van der Waals surface area contributed by atoms with E-state index in [1.165, 1.54) is 0 Å². The summed E-state index contributed by atoms with van der Waals surface area (Å²) in [4.78, 5) is 0. The van der Waals surface area contributed by atoms with Gasteiger partial charge in [-0.1, -0.05) is 6.92 Å². The van der Waals surface area contributed by atoms with Crippen LogP contribution in [0.25, 0.3) is 0 Å². The van der Waals surface area contributed by atoms with Crippen molar-refractivity contribution in [2.24, 2.45) is 0 Å². The van der Waals surface area contributed by atoms with Crippen LogP contribution in [0.15, 0.2) is 11.8 Å². The zero-order valence-electron chi connectivity index (χ0n) is 11.5. The van der Waals surface area contributed by atoms with Crippen LogP contribution in [0.1, 0.15) is 33.1 Å². The molecular formula is C14H25NO3. The minimum Gasteiger partial charge on any atom is -0.496 e. The second-order valence-corrected chi connectivity index (χ2v) is 4.84. The number of hydrogen-bond acceptors (Lipinski definition) is 4. The second kappa shape index (κ2) is 6.55. The number of nitrogens with one attached hydrogen (secondary N) is 1. The Balaban J connectivity index is 2.17. The highest BCUT2D eigenvalue weighted by atomic mass is 16.5. The number of likely N-dealkylation sites (N-methyl/N-ethyl adjacent to an activating group) is 1. The Bertz CT molecular complexity index is 279. The van der Waals surface area contributed by atoms with Gasteiger partial charge in [0.2, 0.25) is 0 Å². The van der Waals surface area contributed by atoms with Crippen LogP contribution in [-0.2, 0) is 14.2 Å². The van der Waals surface area contributed by atoms with Gasteiger partial charge in [0.15, 0.2) is 0 Å². The summed E-state index contributed by atoms with van der Waals surface area (Å²) < 4.78 is 17.4. The van der Waals surface area contributed by atoms with E-state index >= 15 is 0 Å². The lowest BCUT2D eigenvalue weighted by Crippen LogP contribution is -2.56. The predicted octanol–water partition coefficient (Wildman–Crippen LogP) is 1.85. The standard InChI is InChI=1S/C14H25NO3/c1-3-15-13(12-6-5-9-17-12)14(18-4-2)7-10-16-11-8-14/h6,13,15H,3-5,7-11H2,1-2H3. The molecule has 0 saturated carbocycles. The van der Waals surface area contributed by atoms with Gasteiger partial charge in [0.1, 0.15) is 5.76 Å². The van der Waals surface area contributed by atoms with E-state index in [-0.39, 0.29) is 11.6 Å². The Morgan fingerprint density at radius 3 is 2.67 bits per heavy atom. The van der Waals surface area contributed by atoms with Gasteiger partial charge >= 0.3 is 0 Å². The molecule has 1 fully saturated rings. The highest BCUT2D eigenvalue weighted by Crippen LogP contribution is 2.34. The quantitative estimate of drug-likeness (QED) is 0.786. The zero-order chi connectivity index (χ0) is 12.8. The Labute approximate surface area is 110 Å². The van der Waals surface area contributed by atoms with Gasteiger partial charge in [-0.3, -0.25) is 0 Å². The molecule has 2 aliphatic heterocycles. The smallest absolute Gasteiger partial charge is 0.112 e. The monoisotopic (exact) mass is 255 g/mol. The summed E-state index contributed by atoms with van der Waals surface area (Å²) in [5.41, 5.74) is -0.167.